The highest BCUT2D eigenvalue weighted by Gasteiger charge is 2.23. The van der Waals surface area contributed by atoms with Crippen molar-refractivity contribution in [2.24, 2.45) is 5.92 Å². The Morgan fingerprint density at radius 1 is 1.27 bits per heavy atom. The summed E-state index contributed by atoms with van der Waals surface area (Å²) in [4.78, 5) is 41.6. The first-order chi connectivity index (χ1) is 12.5. The Morgan fingerprint density at radius 3 is 2.85 bits per heavy atom. The first kappa shape index (κ1) is 18.1. The van der Waals surface area contributed by atoms with Crippen molar-refractivity contribution in [3.05, 3.63) is 68.0 Å². The first-order valence-electron chi connectivity index (χ1n) is 8.85. The maximum Gasteiger partial charge on any atom is 0.325 e. The van der Waals surface area contributed by atoms with Gasteiger partial charge < -0.3 is 10.3 Å². The van der Waals surface area contributed by atoms with Crippen LogP contribution < -0.4 is 16.6 Å². The highest BCUT2D eigenvalue weighted by molar-refractivity contribution is 5.78. The van der Waals surface area contributed by atoms with E-state index < -0.39 is 11.2 Å². The van der Waals surface area contributed by atoms with Gasteiger partial charge in [-0.15, -0.1) is 0 Å². The molecule has 3 N–H and O–H groups in total. The van der Waals surface area contributed by atoms with Gasteiger partial charge in [0.05, 0.1) is 6.42 Å². The summed E-state index contributed by atoms with van der Waals surface area (Å²) in [6.45, 7) is 5.64. The third-order valence-electron chi connectivity index (χ3n) is 4.86. The highest BCUT2D eigenvalue weighted by atomic mass is 16.2. The molecular formula is C19H24N4O3. The van der Waals surface area contributed by atoms with Crippen LogP contribution in [0, 0.1) is 12.8 Å². The second kappa shape index (κ2) is 8.14. The Hall–Kier alpha value is -2.67. The summed E-state index contributed by atoms with van der Waals surface area (Å²) in [5.41, 5.74) is 1.81. The number of benzene rings is 1. The second-order valence-corrected chi connectivity index (χ2v) is 6.89. The van der Waals surface area contributed by atoms with Crippen molar-refractivity contribution in [2.75, 3.05) is 19.6 Å². The average Bonchev–Trinajstić information content (AvgIpc) is 3.05. The van der Waals surface area contributed by atoms with Crippen LogP contribution in [-0.2, 0) is 17.8 Å². The number of nitrogens with one attached hydrogen (secondary N) is 3. The van der Waals surface area contributed by atoms with Gasteiger partial charge in [0.1, 0.15) is 0 Å². The van der Waals surface area contributed by atoms with E-state index in [1.807, 2.05) is 0 Å². The topological polar surface area (TPSA) is 98.1 Å². The Kier molecular flexibility index (Phi) is 5.68. The van der Waals surface area contributed by atoms with E-state index >= 15 is 0 Å². The fourth-order valence-electron chi connectivity index (χ4n) is 3.31. The lowest BCUT2D eigenvalue weighted by Crippen LogP contribution is -2.34. The molecular weight excluding hydrogens is 332 g/mol. The molecule has 0 aliphatic carbocycles. The molecule has 1 amide bonds. The van der Waals surface area contributed by atoms with E-state index in [9.17, 15) is 14.4 Å². The number of carbonyl (C=O) groups excluding carboxylic acids is 1. The molecule has 7 heteroatoms. The van der Waals surface area contributed by atoms with Gasteiger partial charge >= 0.3 is 5.69 Å². The van der Waals surface area contributed by atoms with Gasteiger partial charge in [0.25, 0.3) is 5.56 Å². The van der Waals surface area contributed by atoms with Gasteiger partial charge in [-0.3, -0.25) is 19.5 Å². The van der Waals surface area contributed by atoms with Gasteiger partial charge in [-0.05, 0) is 36.9 Å². The number of amides is 1. The number of carbonyl (C=O) groups is 1. The standard InChI is InChI=1S/C19H24N4O3/c1-13-4-2-3-5-15(13)12-23-7-6-14(11-23)9-20-17(24)8-16-10-21-19(26)22-18(16)25/h2-5,10,14H,6-9,11-12H2,1H3,(H,20,24)(H2,21,22,25,26). The number of nitrogens with zero attached hydrogens (tertiary/aromatic N) is 1. The molecule has 1 saturated heterocycles. The lowest BCUT2D eigenvalue weighted by Gasteiger charge is -2.17. The molecule has 26 heavy (non-hydrogen) atoms. The monoisotopic (exact) mass is 356 g/mol. The first-order valence-corrected chi connectivity index (χ1v) is 8.85. The smallest absolute Gasteiger partial charge is 0.325 e. The van der Waals surface area contributed by atoms with E-state index in [1.165, 1.54) is 17.3 Å². The zero-order valence-electron chi connectivity index (χ0n) is 14.9. The van der Waals surface area contributed by atoms with Crippen LogP contribution in [-0.4, -0.2) is 40.4 Å². The van der Waals surface area contributed by atoms with Gasteiger partial charge in [-0.2, -0.15) is 0 Å². The van der Waals surface area contributed by atoms with Crippen LogP contribution in [0.3, 0.4) is 0 Å². The lowest BCUT2D eigenvalue weighted by atomic mass is 10.1. The van der Waals surface area contributed by atoms with Crippen molar-refractivity contribution in [2.45, 2.75) is 26.3 Å². The molecule has 0 bridgehead atoms. The van der Waals surface area contributed by atoms with E-state index in [2.05, 4.69) is 51.4 Å². The molecule has 0 saturated carbocycles. The number of aromatic nitrogens is 2. The van der Waals surface area contributed by atoms with E-state index in [1.54, 1.807) is 0 Å². The molecule has 138 valence electrons. The molecule has 0 radical (unpaired) electrons. The van der Waals surface area contributed by atoms with E-state index in [-0.39, 0.29) is 17.9 Å². The van der Waals surface area contributed by atoms with Gasteiger partial charge in [-0.25, -0.2) is 4.79 Å². The van der Waals surface area contributed by atoms with E-state index in [4.69, 9.17) is 0 Å². The minimum absolute atomic E-state index is 0.0360. The van der Waals surface area contributed by atoms with Gasteiger partial charge in [-0.1, -0.05) is 24.3 Å². The van der Waals surface area contributed by atoms with Crippen LogP contribution in [0.15, 0.2) is 40.1 Å². The molecule has 1 atom stereocenters. The largest absolute Gasteiger partial charge is 0.355 e. The molecule has 7 nitrogen and oxygen atoms in total. The summed E-state index contributed by atoms with van der Waals surface area (Å²) >= 11 is 0. The van der Waals surface area contributed by atoms with Crippen LogP contribution in [0.2, 0.25) is 0 Å². The van der Waals surface area contributed by atoms with Gasteiger partial charge in [0.15, 0.2) is 0 Å². The van der Waals surface area contributed by atoms with Crippen molar-refractivity contribution in [1.82, 2.24) is 20.2 Å². The molecule has 1 unspecified atom stereocenters. The molecule has 1 aliphatic rings. The predicted octanol–water partition coefficient (Wildman–Crippen LogP) is 0.552. The number of hydrogen-bond donors (Lipinski definition) is 3. The molecule has 0 spiro atoms. The van der Waals surface area contributed by atoms with Crippen LogP contribution in [0.4, 0.5) is 0 Å². The van der Waals surface area contributed by atoms with Gasteiger partial charge in [0, 0.05) is 31.4 Å². The van der Waals surface area contributed by atoms with Crippen molar-refractivity contribution in [3.8, 4) is 0 Å². The average molecular weight is 356 g/mol. The molecule has 1 aromatic heterocycles. The quantitative estimate of drug-likeness (QED) is 0.704. The third-order valence-corrected chi connectivity index (χ3v) is 4.86. The second-order valence-electron chi connectivity index (χ2n) is 6.89. The Bertz CT molecular complexity index is 887. The zero-order valence-corrected chi connectivity index (χ0v) is 14.9. The summed E-state index contributed by atoms with van der Waals surface area (Å²) in [5, 5.41) is 2.90. The molecule has 2 heterocycles. The maximum atomic E-state index is 12.1. The predicted molar refractivity (Wildman–Crippen MR) is 99.0 cm³/mol. The number of aromatic amines is 2. The number of likely N-dealkylation sites (tertiary alicyclic amines) is 1. The number of H-pyrrole nitrogens is 2. The normalized spacial score (nSPS) is 17.3. The highest BCUT2D eigenvalue weighted by Crippen LogP contribution is 2.19. The summed E-state index contributed by atoms with van der Waals surface area (Å²) in [6, 6.07) is 8.40. The van der Waals surface area contributed by atoms with Crippen molar-refractivity contribution >= 4 is 5.91 Å². The minimum atomic E-state index is -0.571. The minimum Gasteiger partial charge on any atom is -0.355 e. The van der Waals surface area contributed by atoms with Crippen LogP contribution in [0.5, 0.6) is 0 Å². The fraction of sp³-hybridized carbons (Fsp3) is 0.421. The summed E-state index contributed by atoms with van der Waals surface area (Å²) in [7, 11) is 0. The number of rotatable bonds is 6. The van der Waals surface area contributed by atoms with Crippen LogP contribution >= 0.6 is 0 Å². The van der Waals surface area contributed by atoms with Crippen molar-refractivity contribution in [1.29, 1.82) is 0 Å². The SMILES string of the molecule is Cc1ccccc1CN1CCC(CNC(=O)Cc2c[nH]c(=O)[nH]c2=O)C1. The number of hydrogen-bond acceptors (Lipinski definition) is 4. The molecule has 3 rings (SSSR count). The lowest BCUT2D eigenvalue weighted by molar-refractivity contribution is -0.120. The van der Waals surface area contributed by atoms with E-state index in [0.717, 1.165) is 26.1 Å². The van der Waals surface area contributed by atoms with Crippen molar-refractivity contribution < 1.29 is 4.79 Å². The van der Waals surface area contributed by atoms with Crippen molar-refractivity contribution in [3.63, 3.8) is 0 Å². The molecule has 2 aromatic rings. The van der Waals surface area contributed by atoms with E-state index in [0.29, 0.717) is 12.5 Å². The van der Waals surface area contributed by atoms with Gasteiger partial charge in [0.2, 0.25) is 5.91 Å². The van der Waals surface area contributed by atoms with Crippen LogP contribution in [0.1, 0.15) is 23.1 Å². The van der Waals surface area contributed by atoms with Crippen LogP contribution in [0.25, 0.3) is 0 Å². The third kappa shape index (κ3) is 4.70. The zero-order chi connectivity index (χ0) is 18.5. The fourth-order valence-corrected chi connectivity index (χ4v) is 3.31. The Balaban J connectivity index is 1.45. The molecule has 1 fully saturated rings. The summed E-state index contributed by atoms with van der Waals surface area (Å²) < 4.78 is 0. The summed E-state index contributed by atoms with van der Waals surface area (Å²) in [5.74, 6) is 0.205. The Morgan fingerprint density at radius 2 is 2.08 bits per heavy atom. The Labute approximate surface area is 151 Å². The maximum absolute atomic E-state index is 12.1. The molecule has 1 aromatic carbocycles. The number of aryl methyl sites for hydroxylation is 1. The molecule has 1 aliphatic heterocycles. The summed E-state index contributed by atoms with van der Waals surface area (Å²) in [6.07, 6.45) is 2.30.